The van der Waals surface area contributed by atoms with Crippen molar-refractivity contribution in [3.63, 3.8) is 0 Å². The van der Waals surface area contributed by atoms with Crippen molar-refractivity contribution in [1.82, 2.24) is 5.32 Å². The molecular formula is C12H24CsNO4. The van der Waals surface area contributed by atoms with E-state index in [1.807, 2.05) is 13.8 Å². The number of rotatable bonds is 3. The monoisotopic (exact) mass is 379 g/mol. The first-order chi connectivity index (χ1) is 7.63. The molecule has 0 fully saturated rings. The van der Waals surface area contributed by atoms with E-state index in [0.29, 0.717) is 0 Å². The first-order valence-electron chi connectivity index (χ1n) is 5.84. The second kappa shape index (κ2) is 11.6. The van der Waals surface area contributed by atoms with Gasteiger partial charge in [0.2, 0.25) is 0 Å². The quantitative estimate of drug-likeness (QED) is 0.635. The van der Waals surface area contributed by atoms with Gasteiger partial charge in [0.15, 0.2) is 0 Å². The summed E-state index contributed by atoms with van der Waals surface area (Å²) in [6.07, 6.45) is -0.745. The number of carbonyl (C=O) groups excluding carboxylic acids is 2. The van der Waals surface area contributed by atoms with Crippen molar-refractivity contribution in [1.29, 1.82) is 0 Å². The summed E-state index contributed by atoms with van der Waals surface area (Å²) in [7, 11) is 0. The van der Waals surface area contributed by atoms with Crippen LogP contribution in [0.3, 0.4) is 0 Å². The summed E-state index contributed by atoms with van der Waals surface area (Å²) in [5, 5.41) is 12.9. The van der Waals surface area contributed by atoms with E-state index in [-0.39, 0.29) is 74.8 Å². The molecule has 0 aromatic rings. The van der Waals surface area contributed by atoms with Crippen molar-refractivity contribution in [2.45, 2.75) is 60.1 Å². The molecule has 0 saturated carbocycles. The Kier molecular flexibility index (Phi) is 15.4. The van der Waals surface area contributed by atoms with Gasteiger partial charge in [-0.25, -0.2) is 4.79 Å². The molecule has 1 N–H and O–H groups in total. The predicted octanol–water partition coefficient (Wildman–Crippen LogP) is -1.68. The molecule has 0 spiro atoms. The van der Waals surface area contributed by atoms with Gasteiger partial charge in [-0.05, 0) is 26.7 Å². The number of ether oxygens (including phenoxy) is 1. The Bertz CT molecular complexity index is 249. The van der Waals surface area contributed by atoms with Crippen molar-refractivity contribution in [3.05, 3.63) is 0 Å². The molecule has 0 aliphatic rings. The molecule has 102 valence electrons. The Morgan fingerprint density at radius 3 is 1.78 bits per heavy atom. The van der Waals surface area contributed by atoms with Gasteiger partial charge in [-0.15, -0.1) is 0 Å². The summed E-state index contributed by atoms with van der Waals surface area (Å²) in [5.74, 6) is -1.56. The van der Waals surface area contributed by atoms with Crippen LogP contribution in [-0.2, 0) is 9.53 Å². The van der Waals surface area contributed by atoms with Gasteiger partial charge in [0.05, 0.1) is 12.0 Å². The van der Waals surface area contributed by atoms with Gasteiger partial charge >= 0.3 is 75.0 Å². The first-order valence-corrected chi connectivity index (χ1v) is 5.84. The normalized spacial score (nSPS) is 11.6. The molecule has 1 amide bonds. The van der Waals surface area contributed by atoms with E-state index in [2.05, 4.69) is 5.32 Å². The number of aliphatic carboxylic acids is 1. The molecule has 0 aliphatic heterocycles. The summed E-state index contributed by atoms with van der Waals surface area (Å²) < 4.78 is 4.93. The van der Waals surface area contributed by atoms with Gasteiger partial charge in [-0.1, -0.05) is 27.7 Å². The van der Waals surface area contributed by atoms with Gasteiger partial charge in [-0.3, -0.25) is 0 Å². The van der Waals surface area contributed by atoms with Crippen LogP contribution < -0.4 is 79.3 Å². The maximum absolute atomic E-state index is 11.3. The zero-order chi connectivity index (χ0) is 14.2. The second-order valence-electron chi connectivity index (χ2n) is 4.69. The molecule has 0 aliphatic carbocycles. The minimum atomic E-state index is -1.31. The molecule has 1 unspecified atom stereocenters. The van der Waals surface area contributed by atoms with Crippen molar-refractivity contribution >= 4 is 12.1 Å². The van der Waals surface area contributed by atoms with Crippen molar-refractivity contribution in [2.75, 3.05) is 0 Å². The maximum atomic E-state index is 11.3. The summed E-state index contributed by atoms with van der Waals surface area (Å²) in [6, 6.07) is -1.03. The molecule has 0 heterocycles. The van der Waals surface area contributed by atoms with Gasteiger partial charge in [0.25, 0.3) is 0 Å². The van der Waals surface area contributed by atoms with E-state index < -0.39 is 23.7 Å². The Balaban J connectivity index is -0.000000709. The molecule has 18 heavy (non-hydrogen) atoms. The molecule has 1 atom stereocenters. The fourth-order valence-corrected chi connectivity index (χ4v) is 0.932. The van der Waals surface area contributed by atoms with Crippen molar-refractivity contribution < 1.29 is 88.3 Å². The average molecular weight is 379 g/mol. The van der Waals surface area contributed by atoms with Gasteiger partial charge < -0.3 is 20.0 Å². The molecule has 0 aromatic heterocycles. The van der Waals surface area contributed by atoms with Gasteiger partial charge in [0.1, 0.15) is 5.60 Å². The number of alkyl carbamates (subject to hydrolysis) is 1. The molecule has 0 saturated heterocycles. The van der Waals surface area contributed by atoms with Crippen LogP contribution in [0.2, 0.25) is 0 Å². The van der Waals surface area contributed by atoms with E-state index in [1.165, 1.54) is 0 Å². The third-order valence-corrected chi connectivity index (χ3v) is 1.59. The third-order valence-electron chi connectivity index (χ3n) is 1.59. The van der Waals surface area contributed by atoms with Crippen LogP contribution in [0.1, 0.15) is 48.5 Å². The molecule has 0 bridgehead atoms. The van der Waals surface area contributed by atoms with E-state index in [0.717, 1.165) is 0 Å². The molecule has 6 heteroatoms. The first kappa shape index (κ1) is 23.9. The van der Waals surface area contributed by atoms with Crippen molar-refractivity contribution in [2.24, 2.45) is 5.92 Å². The van der Waals surface area contributed by atoms with Crippen LogP contribution in [0.15, 0.2) is 0 Å². The maximum Gasteiger partial charge on any atom is 1.00 e. The minimum Gasteiger partial charge on any atom is -0.548 e. The number of hydrogen-bond donors (Lipinski definition) is 1. The van der Waals surface area contributed by atoms with Crippen LogP contribution in [0.5, 0.6) is 0 Å². The standard InChI is InChI=1S/C10H19NO4.C2H6.Cs/c1-6(2)7(8(12)13)11-9(14)15-10(3,4)5;1-2;/h6-7H,1-5H3,(H,11,14)(H,12,13);1-2H3;/q;;+1/p-1. The smallest absolute Gasteiger partial charge is 0.548 e. The van der Waals surface area contributed by atoms with Gasteiger partial charge in [-0.2, -0.15) is 0 Å². The van der Waals surface area contributed by atoms with Crippen LogP contribution in [0.25, 0.3) is 0 Å². The summed E-state index contributed by atoms with van der Waals surface area (Å²) in [4.78, 5) is 21.9. The number of carboxylic acids is 1. The summed E-state index contributed by atoms with van der Waals surface area (Å²) in [5.41, 5.74) is -0.641. The zero-order valence-electron chi connectivity index (χ0n) is 12.8. The van der Waals surface area contributed by atoms with Gasteiger partial charge in [0, 0.05) is 0 Å². The summed E-state index contributed by atoms with van der Waals surface area (Å²) >= 11 is 0. The SMILES string of the molecule is CC.CC(C)C(NC(=O)OC(C)(C)C)C(=O)[O-].[Cs+]. The van der Waals surface area contributed by atoms with Crippen LogP contribution in [0.4, 0.5) is 4.79 Å². The number of nitrogens with one attached hydrogen (secondary N) is 1. The fraction of sp³-hybridized carbons (Fsp3) is 0.833. The molecular weight excluding hydrogens is 355 g/mol. The van der Waals surface area contributed by atoms with Crippen LogP contribution >= 0.6 is 0 Å². The average Bonchev–Trinajstić information content (AvgIpc) is 2.13. The number of carbonyl (C=O) groups is 2. The number of amides is 1. The van der Waals surface area contributed by atoms with Crippen molar-refractivity contribution in [3.8, 4) is 0 Å². The molecule has 0 rings (SSSR count). The van der Waals surface area contributed by atoms with E-state index in [9.17, 15) is 14.7 Å². The second-order valence-corrected chi connectivity index (χ2v) is 4.69. The third kappa shape index (κ3) is 13.2. The Labute approximate surface area is 169 Å². The van der Waals surface area contributed by atoms with E-state index in [1.54, 1.807) is 34.6 Å². The zero-order valence-corrected chi connectivity index (χ0v) is 19.1. The molecule has 5 nitrogen and oxygen atoms in total. The molecule has 0 radical (unpaired) electrons. The number of hydrogen-bond acceptors (Lipinski definition) is 4. The predicted molar refractivity (Wildman–Crippen MR) is 64.4 cm³/mol. The van der Waals surface area contributed by atoms with Crippen LogP contribution in [-0.4, -0.2) is 23.7 Å². The van der Waals surface area contributed by atoms with E-state index in [4.69, 9.17) is 4.74 Å². The summed E-state index contributed by atoms with van der Waals surface area (Å²) in [6.45, 7) is 12.5. The molecule has 0 aromatic carbocycles. The van der Waals surface area contributed by atoms with Crippen LogP contribution in [0, 0.1) is 5.92 Å². The van der Waals surface area contributed by atoms with E-state index >= 15 is 0 Å². The largest absolute Gasteiger partial charge is 1.00 e. The minimum absolute atomic E-state index is 0. The Hall–Kier alpha value is 0.792. The fourth-order valence-electron chi connectivity index (χ4n) is 0.932. The topological polar surface area (TPSA) is 78.5 Å². The Morgan fingerprint density at radius 1 is 1.17 bits per heavy atom. The Morgan fingerprint density at radius 2 is 1.56 bits per heavy atom. The number of carboxylic acid groups (broad SMARTS) is 1.